The molecule has 3 N–H and O–H groups in total. The second-order valence-corrected chi connectivity index (χ2v) is 4.73. The van der Waals surface area contributed by atoms with Gasteiger partial charge in [0.1, 0.15) is 0 Å². The average molecular weight is 275 g/mol. The van der Waals surface area contributed by atoms with E-state index in [-0.39, 0.29) is 0 Å². The van der Waals surface area contributed by atoms with Crippen LogP contribution in [0.5, 0.6) is 0 Å². The van der Waals surface area contributed by atoms with Gasteiger partial charge in [-0.25, -0.2) is 0 Å². The van der Waals surface area contributed by atoms with Gasteiger partial charge in [0.2, 0.25) is 0 Å². The van der Waals surface area contributed by atoms with E-state index in [1.165, 1.54) is 10.8 Å². The zero-order valence-electron chi connectivity index (χ0n) is 8.63. The number of benzene rings is 2. The zero-order valence-corrected chi connectivity index (χ0v) is 10.2. The third-order valence-electron chi connectivity index (χ3n) is 2.87. The molecule has 0 aliphatic rings. The fourth-order valence-corrected chi connectivity index (χ4v) is 2.67. The smallest absolute Gasteiger partial charge is 0.0476 e. The molecule has 0 spiro atoms. The quantitative estimate of drug-likeness (QED) is 0.700. The van der Waals surface area contributed by atoms with Crippen molar-refractivity contribution >= 4 is 37.7 Å². The fourth-order valence-electron chi connectivity index (χ4n) is 2.09. The first-order valence-electron chi connectivity index (χ1n) is 5.18. The summed E-state index contributed by atoms with van der Waals surface area (Å²) in [6.45, 7) is 0.576. The third-order valence-corrected chi connectivity index (χ3v) is 3.53. The Labute approximate surface area is 102 Å². The molecule has 1 heterocycles. The zero-order chi connectivity index (χ0) is 11.1. The Morgan fingerprint density at radius 2 is 2.00 bits per heavy atom. The van der Waals surface area contributed by atoms with Gasteiger partial charge < -0.3 is 10.7 Å². The lowest BCUT2D eigenvalue weighted by Crippen LogP contribution is -1.94. The number of aromatic amines is 1. The molecule has 2 nitrogen and oxygen atoms in total. The predicted molar refractivity (Wildman–Crippen MR) is 71.4 cm³/mol. The molecule has 3 rings (SSSR count). The van der Waals surface area contributed by atoms with Gasteiger partial charge in [-0.15, -0.1) is 0 Å². The molecule has 16 heavy (non-hydrogen) atoms. The molecule has 0 aliphatic heterocycles. The van der Waals surface area contributed by atoms with Crippen LogP contribution in [-0.4, -0.2) is 4.98 Å². The van der Waals surface area contributed by atoms with Gasteiger partial charge in [0.25, 0.3) is 0 Å². The number of H-pyrrole nitrogens is 1. The minimum Gasteiger partial charge on any atom is -0.354 e. The van der Waals surface area contributed by atoms with E-state index in [4.69, 9.17) is 5.73 Å². The third kappa shape index (κ3) is 1.36. The molecule has 80 valence electrons. The fraction of sp³-hybridized carbons (Fsp3) is 0.0769. The van der Waals surface area contributed by atoms with Crippen molar-refractivity contribution in [1.82, 2.24) is 4.98 Å². The van der Waals surface area contributed by atoms with Crippen LogP contribution in [0.3, 0.4) is 0 Å². The SMILES string of the molecule is NCc1ccc2c(c1)[nH]c1cccc(Br)c12. The van der Waals surface area contributed by atoms with Gasteiger partial charge in [-0.3, -0.25) is 0 Å². The van der Waals surface area contributed by atoms with Gasteiger partial charge in [-0.1, -0.05) is 34.1 Å². The Kier molecular flexibility index (Phi) is 2.23. The van der Waals surface area contributed by atoms with Crippen LogP contribution in [0, 0.1) is 0 Å². The normalized spacial score (nSPS) is 11.4. The molecule has 0 atom stereocenters. The van der Waals surface area contributed by atoms with Crippen molar-refractivity contribution in [3.8, 4) is 0 Å². The van der Waals surface area contributed by atoms with Crippen molar-refractivity contribution in [1.29, 1.82) is 0 Å². The first kappa shape index (κ1) is 9.87. The Bertz CT molecular complexity index is 670. The molecule has 0 fully saturated rings. The van der Waals surface area contributed by atoms with Crippen LogP contribution in [0.2, 0.25) is 0 Å². The highest BCUT2D eigenvalue weighted by molar-refractivity contribution is 9.10. The Hall–Kier alpha value is -1.32. The van der Waals surface area contributed by atoms with Crippen LogP contribution < -0.4 is 5.73 Å². The summed E-state index contributed by atoms with van der Waals surface area (Å²) in [5.41, 5.74) is 9.08. The number of halogens is 1. The summed E-state index contributed by atoms with van der Waals surface area (Å²) in [4.78, 5) is 3.41. The summed E-state index contributed by atoms with van der Waals surface area (Å²) in [5.74, 6) is 0. The van der Waals surface area contributed by atoms with E-state index < -0.39 is 0 Å². The molecule has 3 aromatic rings. The minimum absolute atomic E-state index is 0.576. The number of nitrogens with two attached hydrogens (primary N) is 1. The Morgan fingerprint density at radius 3 is 2.81 bits per heavy atom. The lowest BCUT2D eigenvalue weighted by Gasteiger charge is -1.97. The second-order valence-electron chi connectivity index (χ2n) is 3.87. The van der Waals surface area contributed by atoms with E-state index in [9.17, 15) is 0 Å². The van der Waals surface area contributed by atoms with Crippen molar-refractivity contribution in [2.24, 2.45) is 5.73 Å². The summed E-state index contributed by atoms with van der Waals surface area (Å²) in [6.07, 6.45) is 0. The first-order valence-corrected chi connectivity index (χ1v) is 5.98. The van der Waals surface area contributed by atoms with E-state index in [1.807, 2.05) is 6.07 Å². The Morgan fingerprint density at radius 1 is 1.12 bits per heavy atom. The van der Waals surface area contributed by atoms with E-state index in [0.29, 0.717) is 6.54 Å². The number of rotatable bonds is 1. The van der Waals surface area contributed by atoms with Gasteiger partial charge in [0, 0.05) is 32.8 Å². The van der Waals surface area contributed by atoms with Crippen molar-refractivity contribution < 1.29 is 0 Å². The van der Waals surface area contributed by atoms with Crippen LogP contribution in [-0.2, 0) is 6.54 Å². The number of nitrogens with one attached hydrogen (secondary N) is 1. The van der Waals surface area contributed by atoms with Gasteiger partial charge >= 0.3 is 0 Å². The van der Waals surface area contributed by atoms with Crippen LogP contribution in [0.4, 0.5) is 0 Å². The largest absolute Gasteiger partial charge is 0.354 e. The molecule has 0 bridgehead atoms. The van der Waals surface area contributed by atoms with E-state index in [1.54, 1.807) is 0 Å². The summed E-state index contributed by atoms with van der Waals surface area (Å²) in [7, 11) is 0. The highest BCUT2D eigenvalue weighted by atomic mass is 79.9. The standard InChI is InChI=1S/C13H11BrN2/c14-10-2-1-3-11-13(10)9-5-4-8(7-15)6-12(9)16-11/h1-6,16H,7,15H2. The van der Waals surface area contributed by atoms with Crippen molar-refractivity contribution in [3.05, 3.63) is 46.4 Å². The minimum atomic E-state index is 0.576. The number of hydrogen-bond acceptors (Lipinski definition) is 1. The van der Waals surface area contributed by atoms with Gasteiger partial charge in [0.15, 0.2) is 0 Å². The molecule has 0 saturated carbocycles. The van der Waals surface area contributed by atoms with Gasteiger partial charge in [0.05, 0.1) is 0 Å². The molecule has 0 amide bonds. The van der Waals surface area contributed by atoms with Crippen LogP contribution in [0.25, 0.3) is 21.8 Å². The van der Waals surface area contributed by atoms with Crippen LogP contribution >= 0.6 is 15.9 Å². The lowest BCUT2D eigenvalue weighted by molar-refractivity contribution is 1.07. The molecular formula is C13H11BrN2. The van der Waals surface area contributed by atoms with E-state index in [2.05, 4.69) is 51.2 Å². The number of fused-ring (bicyclic) bond motifs is 3. The van der Waals surface area contributed by atoms with Crippen molar-refractivity contribution in [3.63, 3.8) is 0 Å². The maximum absolute atomic E-state index is 5.64. The summed E-state index contributed by atoms with van der Waals surface area (Å²) in [5, 5.41) is 2.47. The summed E-state index contributed by atoms with van der Waals surface area (Å²) in [6, 6.07) is 12.5. The van der Waals surface area contributed by atoms with Gasteiger partial charge in [-0.2, -0.15) is 0 Å². The van der Waals surface area contributed by atoms with Crippen LogP contribution in [0.15, 0.2) is 40.9 Å². The highest BCUT2D eigenvalue weighted by Gasteiger charge is 2.06. The average Bonchev–Trinajstić information content (AvgIpc) is 2.67. The topological polar surface area (TPSA) is 41.8 Å². The maximum Gasteiger partial charge on any atom is 0.0476 e. The summed E-state index contributed by atoms with van der Waals surface area (Å²) < 4.78 is 1.12. The molecular weight excluding hydrogens is 264 g/mol. The molecule has 0 unspecified atom stereocenters. The van der Waals surface area contributed by atoms with Crippen molar-refractivity contribution in [2.45, 2.75) is 6.54 Å². The molecule has 3 heteroatoms. The van der Waals surface area contributed by atoms with Crippen molar-refractivity contribution in [2.75, 3.05) is 0 Å². The first-order chi connectivity index (χ1) is 7.79. The van der Waals surface area contributed by atoms with Crippen LogP contribution in [0.1, 0.15) is 5.56 Å². The van der Waals surface area contributed by atoms with E-state index in [0.717, 1.165) is 21.1 Å². The molecule has 0 saturated heterocycles. The lowest BCUT2D eigenvalue weighted by atomic mass is 10.1. The number of aromatic nitrogens is 1. The molecule has 1 aromatic heterocycles. The molecule has 2 aromatic carbocycles. The van der Waals surface area contributed by atoms with Gasteiger partial charge in [-0.05, 0) is 23.8 Å². The van der Waals surface area contributed by atoms with E-state index >= 15 is 0 Å². The molecule has 0 radical (unpaired) electrons. The summed E-state index contributed by atoms with van der Waals surface area (Å²) >= 11 is 3.59. The second kappa shape index (κ2) is 3.61. The predicted octanol–water partition coefficient (Wildman–Crippen LogP) is 3.54. The monoisotopic (exact) mass is 274 g/mol. The Balaban J connectivity index is 2.47. The highest BCUT2D eigenvalue weighted by Crippen LogP contribution is 2.31. The maximum atomic E-state index is 5.64. The number of hydrogen-bond donors (Lipinski definition) is 2. The molecule has 0 aliphatic carbocycles.